The first-order valence-corrected chi connectivity index (χ1v) is 9.47. The maximum Gasteiger partial charge on any atom is 0.150 e. The Labute approximate surface area is 118 Å². The van der Waals surface area contributed by atoms with Gasteiger partial charge < -0.3 is 10.2 Å². The Balaban J connectivity index is 2.16. The van der Waals surface area contributed by atoms with E-state index in [0.29, 0.717) is 23.6 Å². The molecule has 0 radical (unpaired) electrons. The zero-order valence-electron chi connectivity index (χ0n) is 12.7. The Morgan fingerprint density at radius 3 is 2.32 bits per heavy atom. The molecule has 19 heavy (non-hydrogen) atoms. The van der Waals surface area contributed by atoms with Crippen molar-refractivity contribution in [3.8, 4) is 0 Å². The van der Waals surface area contributed by atoms with E-state index in [2.05, 4.69) is 31.0 Å². The lowest BCUT2D eigenvalue weighted by Crippen LogP contribution is -2.42. The number of sulfone groups is 1. The van der Waals surface area contributed by atoms with Crippen molar-refractivity contribution >= 4 is 9.84 Å². The fraction of sp³-hybridized carbons (Fsp3) is 1.00. The second kappa shape index (κ2) is 8.22. The van der Waals surface area contributed by atoms with E-state index < -0.39 is 9.84 Å². The van der Waals surface area contributed by atoms with Gasteiger partial charge in [-0.15, -0.1) is 0 Å². The molecule has 1 atom stereocenters. The Morgan fingerprint density at radius 2 is 1.79 bits per heavy atom. The third-order valence-corrected chi connectivity index (χ3v) is 5.80. The topological polar surface area (TPSA) is 49.4 Å². The van der Waals surface area contributed by atoms with E-state index in [1.165, 1.54) is 12.8 Å². The second-order valence-electron chi connectivity index (χ2n) is 5.66. The van der Waals surface area contributed by atoms with Crippen LogP contribution < -0.4 is 5.32 Å². The minimum atomic E-state index is -2.73. The molecule has 1 N–H and O–H groups in total. The van der Waals surface area contributed by atoms with Crippen molar-refractivity contribution in [3.05, 3.63) is 0 Å². The smallest absolute Gasteiger partial charge is 0.150 e. The van der Waals surface area contributed by atoms with Gasteiger partial charge in [-0.05, 0) is 52.2 Å². The summed E-state index contributed by atoms with van der Waals surface area (Å²) in [5.74, 6) is 0.716. The SMILES string of the molecule is CCN(CC)CCCC(C)NC1CCS(=O)(=O)CC1. The Hall–Kier alpha value is -0.130. The largest absolute Gasteiger partial charge is 0.311 e. The molecule has 0 aromatic heterocycles. The summed E-state index contributed by atoms with van der Waals surface area (Å²) in [5.41, 5.74) is 0. The normalized spacial score (nSPS) is 21.7. The molecule has 0 bridgehead atoms. The van der Waals surface area contributed by atoms with Crippen LogP contribution in [-0.2, 0) is 9.84 Å². The third kappa shape index (κ3) is 6.72. The molecule has 5 heteroatoms. The van der Waals surface area contributed by atoms with Crippen LogP contribution in [0.4, 0.5) is 0 Å². The first kappa shape index (κ1) is 16.9. The van der Waals surface area contributed by atoms with Crippen molar-refractivity contribution in [2.45, 2.75) is 58.5 Å². The highest BCUT2D eigenvalue weighted by Gasteiger charge is 2.24. The summed E-state index contributed by atoms with van der Waals surface area (Å²) in [6, 6.07) is 0.883. The molecule has 1 fully saturated rings. The highest BCUT2D eigenvalue weighted by atomic mass is 32.2. The van der Waals surface area contributed by atoms with Crippen molar-refractivity contribution in [2.75, 3.05) is 31.1 Å². The van der Waals surface area contributed by atoms with Crippen LogP contribution in [0, 0.1) is 0 Å². The highest BCUT2D eigenvalue weighted by molar-refractivity contribution is 7.91. The van der Waals surface area contributed by atoms with Crippen molar-refractivity contribution < 1.29 is 8.42 Å². The van der Waals surface area contributed by atoms with Crippen LogP contribution in [-0.4, -0.2) is 56.5 Å². The Kier molecular flexibility index (Phi) is 7.32. The summed E-state index contributed by atoms with van der Waals surface area (Å²) >= 11 is 0. The molecule has 0 saturated carbocycles. The van der Waals surface area contributed by atoms with E-state index >= 15 is 0 Å². The minimum absolute atomic E-state index is 0.358. The molecule has 1 aliphatic rings. The first-order valence-electron chi connectivity index (χ1n) is 7.65. The lowest BCUT2D eigenvalue weighted by atomic mass is 10.1. The van der Waals surface area contributed by atoms with Gasteiger partial charge in [-0.3, -0.25) is 0 Å². The van der Waals surface area contributed by atoms with Gasteiger partial charge in [0, 0.05) is 12.1 Å². The molecular formula is C14H30N2O2S. The predicted molar refractivity (Wildman–Crippen MR) is 81.3 cm³/mol. The van der Waals surface area contributed by atoms with Gasteiger partial charge in [-0.2, -0.15) is 0 Å². The number of hydrogen-bond acceptors (Lipinski definition) is 4. The fourth-order valence-corrected chi connectivity index (χ4v) is 4.19. The van der Waals surface area contributed by atoms with Crippen LogP contribution >= 0.6 is 0 Å². The van der Waals surface area contributed by atoms with Crippen LogP contribution in [0.3, 0.4) is 0 Å². The van der Waals surface area contributed by atoms with Crippen molar-refractivity contribution in [2.24, 2.45) is 0 Å². The fourth-order valence-electron chi connectivity index (χ4n) is 2.70. The van der Waals surface area contributed by atoms with E-state index in [1.807, 2.05) is 0 Å². The zero-order valence-corrected chi connectivity index (χ0v) is 13.5. The van der Waals surface area contributed by atoms with Crippen LogP contribution in [0.5, 0.6) is 0 Å². The molecule has 1 unspecified atom stereocenters. The lowest BCUT2D eigenvalue weighted by Gasteiger charge is -2.27. The second-order valence-corrected chi connectivity index (χ2v) is 7.97. The number of nitrogens with one attached hydrogen (secondary N) is 1. The Bertz CT molecular complexity index is 325. The van der Waals surface area contributed by atoms with E-state index in [9.17, 15) is 8.42 Å². The van der Waals surface area contributed by atoms with Crippen LogP contribution in [0.2, 0.25) is 0 Å². The van der Waals surface area contributed by atoms with Crippen LogP contribution in [0.25, 0.3) is 0 Å². The Morgan fingerprint density at radius 1 is 1.21 bits per heavy atom. The first-order chi connectivity index (χ1) is 8.96. The summed E-state index contributed by atoms with van der Waals surface area (Å²) in [4.78, 5) is 2.44. The van der Waals surface area contributed by atoms with Crippen LogP contribution in [0.1, 0.15) is 46.5 Å². The molecule has 114 valence electrons. The van der Waals surface area contributed by atoms with Crippen molar-refractivity contribution in [3.63, 3.8) is 0 Å². The average Bonchev–Trinajstić information content (AvgIpc) is 2.37. The predicted octanol–water partition coefficient (Wildman–Crippen LogP) is 1.66. The quantitative estimate of drug-likeness (QED) is 0.739. The van der Waals surface area contributed by atoms with E-state index in [4.69, 9.17) is 0 Å². The maximum atomic E-state index is 11.4. The van der Waals surface area contributed by atoms with Gasteiger partial charge in [-0.25, -0.2) is 8.42 Å². The van der Waals surface area contributed by atoms with Gasteiger partial charge in [0.05, 0.1) is 11.5 Å². The summed E-state index contributed by atoms with van der Waals surface area (Å²) in [7, 11) is -2.73. The molecule has 0 spiro atoms. The molecule has 0 amide bonds. The van der Waals surface area contributed by atoms with Crippen LogP contribution in [0.15, 0.2) is 0 Å². The molecule has 1 saturated heterocycles. The molecular weight excluding hydrogens is 260 g/mol. The zero-order chi connectivity index (χ0) is 14.3. The van der Waals surface area contributed by atoms with E-state index in [-0.39, 0.29) is 0 Å². The summed E-state index contributed by atoms with van der Waals surface area (Å²) in [6.45, 7) is 10.0. The lowest BCUT2D eigenvalue weighted by molar-refractivity contribution is 0.286. The number of hydrogen-bond donors (Lipinski definition) is 1. The molecule has 4 nitrogen and oxygen atoms in total. The monoisotopic (exact) mass is 290 g/mol. The van der Waals surface area contributed by atoms with Crippen molar-refractivity contribution in [1.29, 1.82) is 0 Å². The summed E-state index contributed by atoms with van der Waals surface area (Å²) in [6.07, 6.45) is 3.94. The summed E-state index contributed by atoms with van der Waals surface area (Å²) < 4.78 is 22.7. The average molecular weight is 290 g/mol. The molecule has 0 aliphatic carbocycles. The van der Waals surface area contributed by atoms with E-state index in [1.54, 1.807) is 0 Å². The summed E-state index contributed by atoms with van der Waals surface area (Å²) in [5, 5.41) is 3.58. The van der Waals surface area contributed by atoms with Gasteiger partial charge in [0.1, 0.15) is 9.84 Å². The maximum absolute atomic E-state index is 11.4. The van der Waals surface area contributed by atoms with Gasteiger partial charge in [0.25, 0.3) is 0 Å². The number of rotatable bonds is 8. The standard InChI is InChI=1S/C14H30N2O2S/c1-4-16(5-2)10-6-7-13(3)15-14-8-11-19(17,18)12-9-14/h13-15H,4-12H2,1-3H3. The molecule has 1 heterocycles. The van der Waals surface area contributed by atoms with Gasteiger partial charge in [0.15, 0.2) is 0 Å². The van der Waals surface area contributed by atoms with Gasteiger partial charge in [0.2, 0.25) is 0 Å². The van der Waals surface area contributed by atoms with Gasteiger partial charge >= 0.3 is 0 Å². The molecule has 0 aromatic rings. The van der Waals surface area contributed by atoms with Gasteiger partial charge in [-0.1, -0.05) is 13.8 Å². The molecule has 0 aromatic carbocycles. The number of nitrogens with zero attached hydrogens (tertiary/aromatic N) is 1. The third-order valence-electron chi connectivity index (χ3n) is 4.08. The molecule has 1 rings (SSSR count). The van der Waals surface area contributed by atoms with Crippen molar-refractivity contribution in [1.82, 2.24) is 10.2 Å². The minimum Gasteiger partial charge on any atom is -0.311 e. The molecule has 1 aliphatic heterocycles. The van der Waals surface area contributed by atoms with E-state index in [0.717, 1.165) is 32.5 Å². The highest BCUT2D eigenvalue weighted by Crippen LogP contribution is 2.13.